The van der Waals surface area contributed by atoms with Crippen molar-refractivity contribution in [3.63, 3.8) is 0 Å². The van der Waals surface area contributed by atoms with E-state index >= 15 is 0 Å². The molecule has 0 unspecified atom stereocenters. The van der Waals surface area contributed by atoms with E-state index in [9.17, 15) is 4.39 Å². The third-order valence-corrected chi connectivity index (χ3v) is 1.13. The molecule has 0 N–H and O–H groups in total. The SMILES string of the molecule is FC#CC=CC1CC1. The van der Waals surface area contributed by atoms with Gasteiger partial charge in [0.2, 0.25) is 0 Å². The fourth-order valence-corrected chi connectivity index (χ4v) is 0.504. The molecule has 8 heavy (non-hydrogen) atoms. The van der Waals surface area contributed by atoms with Crippen molar-refractivity contribution in [3.05, 3.63) is 12.2 Å². The summed E-state index contributed by atoms with van der Waals surface area (Å²) in [4.78, 5) is 0. The van der Waals surface area contributed by atoms with Crippen LogP contribution in [0.4, 0.5) is 4.39 Å². The molecule has 0 aromatic carbocycles. The Balaban J connectivity index is 2.20. The lowest BCUT2D eigenvalue weighted by atomic mass is 10.4. The van der Waals surface area contributed by atoms with Crippen LogP contribution in [0.5, 0.6) is 0 Å². The number of allylic oxidation sites excluding steroid dienone is 2. The second kappa shape index (κ2) is 2.52. The van der Waals surface area contributed by atoms with Gasteiger partial charge in [-0.05, 0) is 30.8 Å². The minimum absolute atomic E-state index is 0.704. The van der Waals surface area contributed by atoms with Gasteiger partial charge in [0, 0.05) is 0 Å². The highest BCUT2D eigenvalue weighted by molar-refractivity contribution is 5.14. The van der Waals surface area contributed by atoms with Gasteiger partial charge >= 0.3 is 0 Å². The minimum atomic E-state index is 0.704. The fraction of sp³-hybridized carbons (Fsp3) is 0.429. The van der Waals surface area contributed by atoms with Crippen LogP contribution in [-0.2, 0) is 0 Å². The van der Waals surface area contributed by atoms with Crippen molar-refractivity contribution in [1.29, 1.82) is 0 Å². The van der Waals surface area contributed by atoms with Crippen molar-refractivity contribution < 1.29 is 4.39 Å². The zero-order valence-corrected chi connectivity index (χ0v) is 4.52. The monoisotopic (exact) mass is 110 g/mol. The lowest BCUT2D eigenvalue weighted by molar-refractivity contribution is 0.774. The Hall–Kier alpha value is -0.770. The maximum absolute atomic E-state index is 11.1. The number of rotatable bonds is 1. The molecular weight excluding hydrogens is 103 g/mol. The number of hydrogen-bond acceptors (Lipinski definition) is 0. The summed E-state index contributed by atoms with van der Waals surface area (Å²) in [6.45, 7) is 0. The molecule has 1 saturated carbocycles. The first kappa shape index (κ1) is 5.37. The van der Waals surface area contributed by atoms with E-state index in [4.69, 9.17) is 0 Å². The lowest BCUT2D eigenvalue weighted by Crippen LogP contribution is -1.57. The fourth-order valence-electron chi connectivity index (χ4n) is 0.504. The molecule has 0 radical (unpaired) electrons. The van der Waals surface area contributed by atoms with E-state index in [1.165, 1.54) is 19.0 Å². The second-order valence-electron chi connectivity index (χ2n) is 1.94. The third kappa shape index (κ3) is 1.79. The van der Waals surface area contributed by atoms with Crippen molar-refractivity contribution >= 4 is 0 Å². The van der Waals surface area contributed by atoms with Crippen LogP contribution < -0.4 is 0 Å². The molecule has 0 bridgehead atoms. The molecule has 1 rings (SSSR count). The van der Waals surface area contributed by atoms with Gasteiger partial charge in [-0.25, -0.2) is 0 Å². The molecule has 0 saturated heterocycles. The first-order valence-corrected chi connectivity index (χ1v) is 2.71. The van der Waals surface area contributed by atoms with Gasteiger partial charge in [-0.3, -0.25) is 0 Å². The minimum Gasteiger partial charge on any atom is -0.144 e. The molecule has 42 valence electrons. The second-order valence-corrected chi connectivity index (χ2v) is 1.94. The van der Waals surface area contributed by atoms with E-state index in [-0.39, 0.29) is 0 Å². The van der Waals surface area contributed by atoms with Crippen LogP contribution in [0.2, 0.25) is 0 Å². The molecule has 0 heterocycles. The highest BCUT2D eigenvalue weighted by atomic mass is 19.1. The molecule has 1 aliphatic rings. The maximum Gasteiger partial charge on any atom is 0.110 e. The van der Waals surface area contributed by atoms with E-state index in [0.29, 0.717) is 5.92 Å². The average molecular weight is 110 g/mol. The third-order valence-electron chi connectivity index (χ3n) is 1.13. The predicted molar refractivity (Wildman–Crippen MR) is 30.7 cm³/mol. The van der Waals surface area contributed by atoms with Gasteiger partial charge in [0.05, 0.1) is 0 Å². The summed E-state index contributed by atoms with van der Waals surface area (Å²) in [6, 6.07) is 0. The van der Waals surface area contributed by atoms with E-state index in [0.717, 1.165) is 0 Å². The van der Waals surface area contributed by atoms with E-state index in [2.05, 4.69) is 5.92 Å². The summed E-state index contributed by atoms with van der Waals surface area (Å²) in [5.41, 5.74) is 0. The summed E-state index contributed by atoms with van der Waals surface area (Å²) < 4.78 is 11.1. The standard InChI is InChI=1S/C7H7F/c8-6-2-1-3-7-4-5-7/h1,3,7H,4-5H2. The molecule has 0 spiro atoms. The Kier molecular flexibility index (Phi) is 1.69. The highest BCUT2D eigenvalue weighted by Crippen LogP contribution is 2.29. The summed E-state index contributed by atoms with van der Waals surface area (Å²) in [7, 11) is 0. The summed E-state index contributed by atoms with van der Waals surface area (Å²) in [6.07, 6.45) is 7.35. The Morgan fingerprint density at radius 3 is 2.75 bits per heavy atom. The summed E-state index contributed by atoms with van der Waals surface area (Å²) >= 11 is 0. The largest absolute Gasteiger partial charge is 0.144 e. The molecule has 0 aromatic rings. The van der Waals surface area contributed by atoms with Crippen molar-refractivity contribution in [2.45, 2.75) is 12.8 Å². The first-order chi connectivity index (χ1) is 3.93. The predicted octanol–water partition coefficient (Wildman–Crippen LogP) is 1.88. The summed E-state index contributed by atoms with van der Waals surface area (Å²) in [5, 5.41) is 0. The van der Waals surface area contributed by atoms with Crippen LogP contribution in [0.15, 0.2) is 12.2 Å². The van der Waals surface area contributed by atoms with Gasteiger partial charge in [-0.2, -0.15) is 0 Å². The molecule has 0 aliphatic heterocycles. The van der Waals surface area contributed by atoms with Crippen molar-refractivity contribution in [2.24, 2.45) is 5.92 Å². The van der Waals surface area contributed by atoms with Gasteiger partial charge in [-0.15, -0.1) is 4.39 Å². The quantitative estimate of drug-likeness (QED) is 0.452. The van der Waals surface area contributed by atoms with Crippen LogP contribution in [0.25, 0.3) is 0 Å². The molecule has 1 aliphatic carbocycles. The van der Waals surface area contributed by atoms with E-state index in [1.807, 2.05) is 6.08 Å². The van der Waals surface area contributed by atoms with Crippen LogP contribution in [0.3, 0.4) is 0 Å². The van der Waals surface area contributed by atoms with Crippen molar-refractivity contribution in [3.8, 4) is 12.1 Å². The molecule has 0 nitrogen and oxygen atoms in total. The molecule has 1 heteroatoms. The van der Waals surface area contributed by atoms with Crippen LogP contribution in [0, 0.1) is 18.0 Å². The molecule has 0 amide bonds. The van der Waals surface area contributed by atoms with E-state index in [1.54, 1.807) is 6.08 Å². The van der Waals surface area contributed by atoms with Crippen LogP contribution >= 0.6 is 0 Å². The van der Waals surface area contributed by atoms with Crippen LogP contribution in [-0.4, -0.2) is 0 Å². The van der Waals surface area contributed by atoms with Crippen molar-refractivity contribution in [1.82, 2.24) is 0 Å². The number of hydrogen-bond donors (Lipinski definition) is 0. The Labute approximate surface area is 48.4 Å². The van der Waals surface area contributed by atoms with Gasteiger partial charge < -0.3 is 0 Å². The Morgan fingerprint density at radius 2 is 2.25 bits per heavy atom. The van der Waals surface area contributed by atoms with Gasteiger partial charge in [0.25, 0.3) is 0 Å². The Bertz CT molecular complexity index is 144. The molecule has 0 aromatic heterocycles. The molecule has 1 fully saturated rings. The smallest absolute Gasteiger partial charge is 0.110 e. The van der Waals surface area contributed by atoms with E-state index < -0.39 is 0 Å². The maximum atomic E-state index is 11.1. The summed E-state index contributed by atoms with van der Waals surface area (Å²) in [5.74, 6) is 2.93. The zero-order valence-electron chi connectivity index (χ0n) is 4.52. The van der Waals surface area contributed by atoms with Gasteiger partial charge in [-0.1, -0.05) is 6.08 Å². The molecular formula is C7H7F. The van der Waals surface area contributed by atoms with Gasteiger partial charge in [0.1, 0.15) is 6.17 Å². The number of halogens is 1. The topological polar surface area (TPSA) is 0 Å². The highest BCUT2D eigenvalue weighted by Gasteiger charge is 2.16. The average Bonchev–Trinajstić information content (AvgIpc) is 2.51. The van der Waals surface area contributed by atoms with Crippen LogP contribution in [0.1, 0.15) is 12.8 Å². The van der Waals surface area contributed by atoms with Gasteiger partial charge in [0.15, 0.2) is 0 Å². The zero-order chi connectivity index (χ0) is 5.82. The normalized spacial score (nSPS) is 18.1. The first-order valence-electron chi connectivity index (χ1n) is 2.71. The molecule has 0 atom stereocenters. The lowest BCUT2D eigenvalue weighted by Gasteiger charge is -1.69. The van der Waals surface area contributed by atoms with Crippen molar-refractivity contribution in [2.75, 3.05) is 0 Å². The Morgan fingerprint density at radius 1 is 1.50 bits per heavy atom.